The fraction of sp³-hybridized carbons (Fsp3) is 0.417. The monoisotopic (exact) mass is 208 g/mol. The molecule has 1 rings (SSSR count). The van der Waals surface area contributed by atoms with Crippen molar-refractivity contribution in [2.45, 2.75) is 20.3 Å². The number of carbonyl (C=O) groups excluding carboxylic acids is 1. The molecule has 0 atom stereocenters. The Morgan fingerprint density at radius 1 is 1.40 bits per heavy atom. The molecule has 0 unspecified atom stereocenters. The zero-order valence-electron chi connectivity index (χ0n) is 9.37. The Balaban J connectivity index is 2.97. The van der Waals surface area contributed by atoms with Crippen molar-refractivity contribution in [3.8, 4) is 11.5 Å². The van der Waals surface area contributed by atoms with Crippen LogP contribution in [-0.2, 0) is 11.2 Å². The van der Waals surface area contributed by atoms with Crippen LogP contribution < -0.4 is 9.47 Å². The van der Waals surface area contributed by atoms with Gasteiger partial charge in [-0.05, 0) is 19.9 Å². The number of carbonyl (C=O) groups is 1. The van der Waals surface area contributed by atoms with Crippen LogP contribution in [0, 0.1) is 0 Å². The van der Waals surface area contributed by atoms with Crippen LogP contribution in [0.1, 0.15) is 19.4 Å². The molecule has 0 amide bonds. The summed E-state index contributed by atoms with van der Waals surface area (Å²) in [5, 5.41) is 0. The Morgan fingerprint density at radius 2 is 2.13 bits per heavy atom. The smallest absolute Gasteiger partial charge is 0.134 e. The van der Waals surface area contributed by atoms with Gasteiger partial charge in [-0.1, -0.05) is 6.07 Å². The van der Waals surface area contributed by atoms with Gasteiger partial charge in [0, 0.05) is 18.1 Å². The van der Waals surface area contributed by atoms with Gasteiger partial charge in [-0.15, -0.1) is 0 Å². The molecule has 3 heteroatoms. The van der Waals surface area contributed by atoms with Crippen LogP contribution in [0.4, 0.5) is 0 Å². The molecular formula is C12H16O3. The Bertz CT molecular complexity index is 345. The van der Waals surface area contributed by atoms with Gasteiger partial charge >= 0.3 is 0 Å². The SMILES string of the molecule is CCOc1cc(OC)ccc1CC(C)=O. The van der Waals surface area contributed by atoms with E-state index in [0.29, 0.717) is 13.0 Å². The standard InChI is InChI=1S/C12H16O3/c1-4-15-12-8-11(14-3)6-5-10(12)7-9(2)13/h5-6,8H,4,7H2,1-3H3. The van der Waals surface area contributed by atoms with Gasteiger partial charge in [0.05, 0.1) is 13.7 Å². The van der Waals surface area contributed by atoms with Crippen molar-refractivity contribution in [3.05, 3.63) is 23.8 Å². The van der Waals surface area contributed by atoms with Gasteiger partial charge in [-0.25, -0.2) is 0 Å². The average Bonchev–Trinajstić information content (AvgIpc) is 2.20. The maximum absolute atomic E-state index is 11.0. The largest absolute Gasteiger partial charge is 0.497 e. The van der Waals surface area contributed by atoms with E-state index in [1.54, 1.807) is 14.0 Å². The predicted octanol–water partition coefficient (Wildman–Crippen LogP) is 2.23. The second-order valence-electron chi connectivity index (χ2n) is 3.29. The first-order valence-corrected chi connectivity index (χ1v) is 4.96. The minimum absolute atomic E-state index is 0.126. The number of Topliss-reactive ketones (excluding diaryl/α,β-unsaturated/α-hetero) is 1. The molecule has 0 fully saturated rings. The highest BCUT2D eigenvalue weighted by Crippen LogP contribution is 2.25. The Labute approximate surface area is 90.0 Å². The van der Waals surface area contributed by atoms with E-state index in [0.717, 1.165) is 17.1 Å². The van der Waals surface area contributed by atoms with Crippen LogP contribution in [0.2, 0.25) is 0 Å². The summed E-state index contributed by atoms with van der Waals surface area (Å²) in [5.74, 6) is 1.60. The van der Waals surface area contributed by atoms with Gasteiger partial charge in [0.25, 0.3) is 0 Å². The van der Waals surface area contributed by atoms with E-state index in [9.17, 15) is 4.79 Å². The van der Waals surface area contributed by atoms with Gasteiger partial charge < -0.3 is 9.47 Å². The molecule has 0 aliphatic carbocycles. The summed E-state index contributed by atoms with van der Waals surface area (Å²) in [6, 6.07) is 5.51. The van der Waals surface area contributed by atoms with Crippen LogP contribution in [0.25, 0.3) is 0 Å². The third-order valence-corrected chi connectivity index (χ3v) is 2.01. The number of rotatable bonds is 5. The van der Waals surface area contributed by atoms with Crippen LogP contribution >= 0.6 is 0 Å². The lowest BCUT2D eigenvalue weighted by Crippen LogP contribution is -2.02. The molecule has 82 valence electrons. The molecule has 0 saturated heterocycles. The number of hydrogen-bond donors (Lipinski definition) is 0. The Morgan fingerprint density at radius 3 is 2.67 bits per heavy atom. The lowest BCUT2D eigenvalue weighted by molar-refractivity contribution is -0.116. The fourth-order valence-electron chi connectivity index (χ4n) is 1.37. The van der Waals surface area contributed by atoms with E-state index in [2.05, 4.69) is 0 Å². The number of benzene rings is 1. The van der Waals surface area contributed by atoms with Gasteiger partial charge in [0.1, 0.15) is 17.3 Å². The van der Waals surface area contributed by atoms with E-state index < -0.39 is 0 Å². The van der Waals surface area contributed by atoms with Crippen LogP contribution in [0.3, 0.4) is 0 Å². The minimum atomic E-state index is 0.126. The lowest BCUT2D eigenvalue weighted by atomic mass is 10.1. The van der Waals surface area contributed by atoms with Crippen LogP contribution in [0.5, 0.6) is 11.5 Å². The van der Waals surface area contributed by atoms with Crippen LogP contribution in [0.15, 0.2) is 18.2 Å². The highest BCUT2D eigenvalue weighted by molar-refractivity contribution is 5.79. The van der Waals surface area contributed by atoms with Crippen molar-refractivity contribution in [3.63, 3.8) is 0 Å². The van der Waals surface area contributed by atoms with E-state index >= 15 is 0 Å². The molecule has 0 spiro atoms. The first kappa shape index (κ1) is 11.6. The normalized spacial score (nSPS) is 9.80. The Kier molecular flexibility index (Phi) is 4.16. The van der Waals surface area contributed by atoms with Gasteiger partial charge in [0.2, 0.25) is 0 Å². The van der Waals surface area contributed by atoms with E-state index in [-0.39, 0.29) is 5.78 Å². The minimum Gasteiger partial charge on any atom is -0.497 e. The zero-order valence-corrected chi connectivity index (χ0v) is 9.37. The van der Waals surface area contributed by atoms with Crippen LogP contribution in [-0.4, -0.2) is 19.5 Å². The summed E-state index contributed by atoms with van der Waals surface area (Å²) in [7, 11) is 1.61. The molecule has 0 aliphatic rings. The summed E-state index contributed by atoms with van der Waals surface area (Å²) in [6.07, 6.45) is 0.402. The maximum atomic E-state index is 11.0. The molecule has 0 aliphatic heterocycles. The zero-order chi connectivity index (χ0) is 11.3. The quantitative estimate of drug-likeness (QED) is 0.744. The first-order chi connectivity index (χ1) is 7.17. The predicted molar refractivity (Wildman–Crippen MR) is 58.5 cm³/mol. The summed E-state index contributed by atoms with van der Waals surface area (Å²) < 4.78 is 10.5. The maximum Gasteiger partial charge on any atom is 0.134 e. The van der Waals surface area contributed by atoms with Crippen molar-refractivity contribution in [2.75, 3.05) is 13.7 Å². The summed E-state index contributed by atoms with van der Waals surface area (Å²) >= 11 is 0. The highest BCUT2D eigenvalue weighted by atomic mass is 16.5. The van der Waals surface area contributed by atoms with E-state index in [4.69, 9.17) is 9.47 Å². The molecule has 1 aromatic rings. The first-order valence-electron chi connectivity index (χ1n) is 4.96. The molecular weight excluding hydrogens is 192 g/mol. The second-order valence-corrected chi connectivity index (χ2v) is 3.29. The molecule has 0 saturated carbocycles. The molecule has 0 radical (unpaired) electrons. The Hall–Kier alpha value is -1.51. The number of methoxy groups -OCH3 is 1. The van der Waals surface area contributed by atoms with Crippen molar-refractivity contribution in [2.24, 2.45) is 0 Å². The summed E-state index contributed by atoms with van der Waals surface area (Å²) in [5.41, 5.74) is 0.908. The van der Waals surface area contributed by atoms with E-state index in [1.165, 1.54) is 0 Å². The summed E-state index contributed by atoms with van der Waals surface area (Å²) in [6.45, 7) is 4.06. The second kappa shape index (κ2) is 5.39. The third kappa shape index (κ3) is 3.27. The lowest BCUT2D eigenvalue weighted by Gasteiger charge is -2.10. The molecule has 1 aromatic carbocycles. The molecule has 0 heterocycles. The van der Waals surface area contributed by atoms with Gasteiger partial charge in [-0.3, -0.25) is 4.79 Å². The van der Waals surface area contributed by atoms with Crippen molar-refractivity contribution < 1.29 is 14.3 Å². The highest BCUT2D eigenvalue weighted by Gasteiger charge is 2.07. The number of ketones is 1. The average molecular weight is 208 g/mol. The molecule has 0 bridgehead atoms. The van der Waals surface area contributed by atoms with Gasteiger partial charge in [-0.2, -0.15) is 0 Å². The summed E-state index contributed by atoms with van der Waals surface area (Å²) in [4.78, 5) is 11.0. The molecule has 15 heavy (non-hydrogen) atoms. The van der Waals surface area contributed by atoms with Gasteiger partial charge in [0.15, 0.2) is 0 Å². The fourth-order valence-corrected chi connectivity index (χ4v) is 1.37. The third-order valence-electron chi connectivity index (χ3n) is 2.01. The van der Waals surface area contributed by atoms with Crippen molar-refractivity contribution in [1.82, 2.24) is 0 Å². The molecule has 0 aromatic heterocycles. The molecule has 3 nitrogen and oxygen atoms in total. The number of ether oxygens (including phenoxy) is 2. The number of hydrogen-bond acceptors (Lipinski definition) is 3. The van der Waals surface area contributed by atoms with Crippen molar-refractivity contribution in [1.29, 1.82) is 0 Å². The topological polar surface area (TPSA) is 35.5 Å². The molecule has 0 N–H and O–H groups in total. The van der Waals surface area contributed by atoms with E-state index in [1.807, 2.05) is 25.1 Å². The van der Waals surface area contributed by atoms with Crippen molar-refractivity contribution >= 4 is 5.78 Å².